The largest absolute Gasteiger partial charge is 0.459 e. The van der Waals surface area contributed by atoms with Gasteiger partial charge in [0.2, 0.25) is 0 Å². The molecule has 322 valence electrons. The monoisotopic (exact) mass is 789 g/mol. The maximum absolute atomic E-state index is 14.3. The van der Waals surface area contributed by atoms with Gasteiger partial charge in [0.15, 0.2) is 12.6 Å². The van der Waals surface area contributed by atoms with Crippen molar-refractivity contribution in [2.24, 2.45) is 17.8 Å². The number of likely N-dealkylation sites (N-methyl/N-ethyl adjacent to an activating group) is 2. The molecule has 0 radical (unpaired) electrons. The van der Waals surface area contributed by atoms with Crippen LogP contribution < -0.4 is 0 Å². The average Bonchev–Trinajstić information content (AvgIpc) is 3.11. The summed E-state index contributed by atoms with van der Waals surface area (Å²) in [4.78, 5) is 18.3. The maximum Gasteiger partial charge on any atom is 0.311 e. The molecule has 3 rings (SSSR count). The minimum atomic E-state index is -1.81. The van der Waals surface area contributed by atoms with Gasteiger partial charge in [0, 0.05) is 44.6 Å². The predicted molar refractivity (Wildman–Crippen MR) is 208 cm³/mol. The average molecular weight is 789 g/mol. The van der Waals surface area contributed by atoms with Crippen LogP contribution in [0.25, 0.3) is 0 Å². The second kappa shape index (κ2) is 19.7. The third-order valence-corrected chi connectivity index (χ3v) is 12.7. The highest BCUT2D eigenvalue weighted by Gasteiger charge is 2.52. The van der Waals surface area contributed by atoms with Gasteiger partial charge in [-0.05, 0) is 94.7 Å². The normalized spacial score (nSPS) is 47.7. The van der Waals surface area contributed by atoms with Crippen molar-refractivity contribution in [3.63, 3.8) is 0 Å². The summed E-state index contributed by atoms with van der Waals surface area (Å²) in [6.45, 7) is 20.6. The molecule has 0 aromatic rings. The first-order valence-corrected chi connectivity index (χ1v) is 20.3. The molecular weight excluding hydrogens is 712 g/mol. The lowest BCUT2D eigenvalue weighted by Crippen LogP contribution is -2.60. The third-order valence-electron chi connectivity index (χ3n) is 12.7. The van der Waals surface area contributed by atoms with Crippen LogP contribution in [0.15, 0.2) is 12.2 Å². The Bertz CT molecular complexity index is 1240. The fourth-order valence-corrected chi connectivity index (χ4v) is 9.07. The quantitative estimate of drug-likeness (QED) is 0.170. The van der Waals surface area contributed by atoms with Crippen molar-refractivity contribution in [3.05, 3.63) is 12.2 Å². The van der Waals surface area contributed by atoms with E-state index in [4.69, 9.17) is 28.4 Å². The minimum absolute atomic E-state index is 0.129. The topological polar surface area (TPSA) is 180 Å². The van der Waals surface area contributed by atoms with E-state index in [-0.39, 0.29) is 37.3 Å². The van der Waals surface area contributed by atoms with Gasteiger partial charge >= 0.3 is 5.97 Å². The molecule has 3 saturated heterocycles. The Morgan fingerprint density at radius 3 is 2.20 bits per heavy atom. The summed E-state index contributed by atoms with van der Waals surface area (Å²) in [5.74, 6) is -2.62. The van der Waals surface area contributed by atoms with Crippen LogP contribution >= 0.6 is 0 Å². The summed E-state index contributed by atoms with van der Waals surface area (Å²) >= 11 is 0. The van der Waals surface area contributed by atoms with E-state index in [2.05, 4.69) is 4.90 Å². The molecule has 0 aromatic heterocycles. The van der Waals surface area contributed by atoms with Crippen molar-refractivity contribution in [2.75, 3.05) is 34.3 Å². The maximum atomic E-state index is 14.3. The Morgan fingerprint density at radius 1 is 0.982 bits per heavy atom. The summed E-state index contributed by atoms with van der Waals surface area (Å²) in [5, 5.41) is 58.7. The van der Waals surface area contributed by atoms with Gasteiger partial charge in [-0.15, -0.1) is 0 Å². The van der Waals surface area contributed by atoms with Gasteiger partial charge in [0.1, 0.15) is 30.0 Å². The number of aliphatic hydroxyl groups excluding tert-OH is 3. The molecule has 55 heavy (non-hydrogen) atoms. The van der Waals surface area contributed by atoms with Crippen LogP contribution in [-0.4, -0.2) is 166 Å². The highest BCUT2D eigenvalue weighted by atomic mass is 16.7. The standard InChI is InChI=1S/C41H76N2O12/c1-15-17-18-42(12)29-19-24(4)51-38(32(29)44)55-36-25(5)33(54-31-21-40(10,50-14)35(46)28(8)52-31)26(6)37(47)53-30(16-2)41(11,49)34(45)27(7)43(13)22-23(3)20-39(36,9)48/h15,17,23-36,38,44-46,48-49H,16,18-22H2,1-14H3/b17-15+/t23-,24-,25+,26-,27-,28+,29+,30-,31+,32-,33+,34-,35+,36-,38+,39-,40-,41-/m1/s1. The van der Waals surface area contributed by atoms with E-state index in [0.717, 1.165) is 0 Å². The lowest BCUT2D eigenvalue weighted by atomic mass is 9.77. The zero-order chi connectivity index (χ0) is 41.8. The Kier molecular flexibility index (Phi) is 17.2. The first-order valence-electron chi connectivity index (χ1n) is 20.3. The SMILES string of the molecule is C/C=C/CN(C)[C@H]1C[C@@H](C)O[C@@H](O[C@@H]2[C@@H](C)[C@H](O[C@H]3C[C@@](C)(OC)[C@@H](O)[C@H](C)O3)[C@@H](C)C(=O)O[C@H](CC)[C@@](C)(O)[C@H](O)[C@@H](C)N(C)C[C@H](C)C[C@@]2(C)O)[C@@H]1O. The molecule has 0 aromatic carbocycles. The van der Waals surface area contributed by atoms with Crippen LogP contribution in [0.3, 0.4) is 0 Å². The van der Waals surface area contributed by atoms with Gasteiger partial charge in [0.05, 0.1) is 41.5 Å². The van der Waals surface area contributed by atoms with Crippen molar-refractivity contribution < 1.29 is 58.7 Å². The fraction of sp³-hybridized carbons (Fsp3) is 0.927. The number of cyclic esters (lactones) is 1. The number of rotatable bonds is 9. The van der Waals surface area contributed by atoms with Crippen LogP contribution in [0.1, 0.15) is 102 Å². The molecule has 14 nitrogen and oxygen atoms in total. The number of carbonyl (C=O) groups excluding carboxylic acids is 1. The number of carbonyl (C=O) groups is 1. The molecule has 5 N–H and O–H groups in total. The van der Waals surface area contributed by atoms with Crippen molar-refractivity contribution in [3.8, 4) is 0 Å². The van der Waals surface area contributed by atoms with Crippen LogP contribution in [0.5, 0.6) is 0 Å². The van der Waals surface area contributed by atoms with E-state index in [0.29, 0.717) is 19.5 Å². The molecule has 18 atom stereocenters. The Labute approximate surface area is 330 Å². The third kappa shape index (κ3) is 11.3. The van der Waals surface area contributed by atoms with Gasteiger partial charge in [-0.2, -0.15) is 0 Å². The number of aliphatic hydroxyl groups is 5. The minimum Gasteiger partial charge on any atom is -0.459 e. The van der Waals surface area contributed by atoms with Gasteiger partial charge in [-0.3, -0.25) is 9.69 Å². The van der Waals surface area contributed by atoms with Crippen molar-refractivity contribution in [1.82, 2.24) is 9.80 Å². The second-order valence-corrected chi connectivity index (χ2v) is 17.7. The molecule has 14 heteroatoms. The van der Waals surface area contributed by atoms with Gasteiger partial charge in [-0.1, -0.05) is 32.9 Å². The highest BCUT2D eigenvalue weighted by Crippen LogP contribution is 2.40. The lowest BCUT2D eigenvalue weighted by Gasteiger charge is -2.49. The van der Waals surface area contributed by atoms with E-state index in [1.54, 1.807) is 41.5 Å². The van der Waals surface area contributed by atoms with Crippen LogP contribution in [0.4, 0.5) is 0 Å². The Morgan fingerprint density at radius 2 is 1.62 bits per heavy atom. The first-order chi connectivity index (χ1) is 25.4. The van der Waals surface area contributed by atoms with Crippen LogP contribution in [0, 0.1) is 17.8 Å². The number of methoxy groups -OCH3 is 1. The summed E-state index contributed by atoms with van der Waals surface area (Å²) in [5.41, 5.74) is -4.40. The summed E-state index contributed by atoms with van der Waals surface area (Å²) < 4.78 is 37.8. The summed E-state index contributed by atoms with van der Waals surface area (Å²) in [6.07, 6.45) is -4.37. The molecule has 0 saturated carbocycles. The number of ether oxygens (including phenoxy) is 6. The van der Waals surface area contributed by atoms with Crippen LogP contribution in [0.2, 0.25) is 0 Å². The number of esters is 1. The first kappa shape index (κ1) is 48.1. The molecular formula is C41H76N2O12. The fourth-order valence-electron chi connectivity index (χ4n) is 9.07. The molecule has 3 aliphatic rings. The van der Waals surface area contributed by atoms with E-state index < -0.39 is 96.0 Å². The number of nitrogens with zero attached hydrogens (tertiary/aromatic N) is 2. The summed E-state index contributed by atoms with van der Waals surface area (Å²) in [7, 11) is 5.29. The molecule has 3 aliphatic heterocycles. The van der Waals surface area contributed by atoms with Crippen LogP contribution in [-0.2, 0) is 33.2 Å². The van der Waals surface area contributed by atoms with Gasteiger partial charge < -0.3 is 58.9 Å². The number of hydrogen-bond acceptors (Lipinski definition) is 14. The molecule has 0 amide bonds. The smallest absolute Gasteiger partial charge is 0.311 e. The van der Waals surface area contributed by atoms with Crippen molar-refractivity contribution in [2.45, 2.75) is 192 Å². The molecule has 0 bridgehead atoms. The van der Waals surface area contributed by atoms with Gasteiger partial charge in [0.25, 0.3) is 0 Å². The number of hydrogen-bond donors (Lipinski definition) is 5. The molecule has 0 unspecified atom stereocenters. The summed E-state index contributed by atoms with van der Waals surface area (Å²) in [6, 6.07) is -0.845. The molecule has 3 heterocycles. The van der Waals surface area contributed by atoms with E-state index in [1.807, 2.05) is 58.8 Å². The van der Waals surface area contributed by atoms with E-state index >= 15 is 0 Å². The van der Waals surface area contributed by atoms with Gasteiger partial charge in [-0.25, -0.2) is 0 Å². The van der Waals surface area contributed by atoms with Crippen molar-refractivity contribution >= 4 is 5.97 Å². The lowest BCUT2D eigenvalue weighted by molar-refractivity contribution is -0.318. The molecule has 0 spiro atoms. The molecule has 0 aliphatic carbocycles. The van der Waals surface area contributed by atoms with E-state index in [1.165, 1.54) is 14.0 Å². The zero-order valence-electron chi connectivity index (χ0n) is 36.0. The Hall–Kier alpha value is -1.27. The molecule has 3 fully saturated rings. The predicted octanol–water partition coefficient (Wildman–Crippen LogP) is 2.85. The highest BCUT2D eigenvalue weighted by molar-refractivity contribution is 5.73. The van der Waals surface area contributed by atoms with Crippen molar-refractivity contribution in [1.29, 1.82) is 0 Å². The second-order valence-electron chi connectivity index (χ2n) is 17.7. The van der Waals surface area contributed by atoms with E-state index in [9.17, 15) is 30.3 Å². The number of allylic oxidation sites excluding steroid dienone is 1. The Balaban J connectivity index is 2.18. The zero-order valence-corrected chi connectivity index (χ0v) is 36.0.